The Bertz CT molecular complexity index is 648. The molecule has 0 bridgehead atoms. The normalized spacial score (nSPS) is 20.4. The van der Waals surface area contributed by atoms with E-state index < -0.39 is 27.6 Å². The van der Waals surface area contributed by atoms with E-state index in [4.69, 9.17) is 10.8 Å². The molecule has 6 nitrogen and oxygen atoms in total. The van der Waals surface area contributed by atoms with Gasteiger partial charge in [0.1, 0.15) is 5.82 Å². The Labute approximate surface area is 122 Å². The Morgan fingerprint density at radius 3 is 2.71 bits per heavy atom. The lowest BCUT2D eigenvalue weighted by Gasteiger charge is -2.27. The zero-order valence-corrected chi connectivity index (χ0v) is 12.1. The number of nitrogens with zero attached hydrogens (tertiary/aromatic N) is 1. The van der Waals surface area contributed by atoms with Gasteiger partial charge in [-0.3, -0.25) is 4.79 Å². The Kier molecular flexibility index (Phi) is 4.48. The van der Waals surface area contributed by atoms with Crippen LogP contribution in [0.15, 0.2) is 18.2 Å². The number of benzene rings is 1. The van der Waals surface area contributed by atoms with Crippen LogP contribution in [0, 0.1) is 5.82 Å². The molecule has 0 aliphatic carbocycles. The molecule has 0 saturated carbocycles. The van der Waals surface area contributed by atoms with E-state index in [9.17, 15) is 17.6 Å². The van der Waals surface area contributed by atoms with Gasteiger partial charge in [0, 0.05) is 18.3 Å². The number of aliphatic hydroxyl groups is 1. The maximum absolute atomic E-state index is 13.8. The summed E-state index contributed by atoms with van der Waals surface area (Å²) in [6.45, 7) is -0.359. The van der Waals surface area contributed by atoms with Crippen molar-refractivity contribution >= 4 is 21.4 Å². The van der Waals surface area contributed by atoms with E-state index in [1.807, 2.05) is 0 Å². The van der Waals surface area contributed by atoms with Crippen LogP contribution in [0.5, 0.6) is 0 Å². The lowest BCUT2D eigenvalue weighted by Crippen LogP contribution is -2.43. The summed E-state index contributed by atoms with van der Waals surface area (Å²) >= 11 is 0. The molecular formula is C13H17FN2O4S. The first-order valence-corrected chi connectivity index (χ1v) is 8.33. The van der Waals surface area contributed by atoms with E-state index in [1.165, 1.54) is 17.0 Å². The molecule has 0 aromatic heterocycles. The Morgan fingerprint density at radius 1 is 1.48 bits per heavy atom. The number of aliphatic hydroxyl groups excluding tert-OH is 1. The van der Waals surface area contributed by atoms with Crippen molar-refractivity contribution < 1.29 is 22.7 Å². The fraction of sp³-hybridized carbons (Fsp3) is 0.462. The topological polar surface area (TPSA) is 101 Å². The smallest absolute Gasteiger partial charge is 0.257 e. The number of hydrogen-bond donors (Lipinski definition) is 2. The molecule has 8 heteroatoms. The van der Waals surface area contributed by atoms with E-state index in [0.717, 1.165) is 6.07 Å². The summed E-state index contributed by atoms with van der Waals surface area (Å²) in [5.41, 5.74) is 5.45. The van der Waals surface area contributed by atoms with Gasteiger partial charge in [0.2, 0.25) is 0 Å². The fourth-order valence-corrected chi connectivity index (χ4v) is 4.17. The lowest BCUT2D eigenvalue weighted by molar-refractivity contribution is 0.0650. The molecule has 0 radical (unpaired) electrons. The van der Waals surface area contributed by atoms with Gasteiger partial charge in [-0.15, -0.1) is 0 Å². The molecule has 3 N–H and O–H groups in total. The molecule has 116 valence electrons. The SMILES string of the molecule is Nc1ccc(C(=O)N(CCO)C2CCS(=O)(=O)C2)c(F)c1. The molecule has 1 aliphatic heterocycles. The number of carbonyl (C=O) groups is 1. The minimum atomic E-state index is -3.18. The van der Waals surface area contributed by atoms with Gasteiger partial charge in [0.15, 0.2) is 9.84 Å². The number of halogens is 1. The van der Waals surface area contributed by atoms with Crippen molar-refractivity contribution in [1.29, 1.82) is 0 Å². The fourth-order valence-electron chi connectivity index (χ4n) is 2.44. The van der Waals surface area contributed by atoms with Crippen LogP contribution in [0.25, 0.3) is 0 Å². The van der Waals surface area contributed by atoms with Crippen LogP contribution >= 0.6 is 0 Å². The first kappa shape index (κ1) is 15.7. The average molecular weight is 316 g/mol. The van der Waals surface area contributed by atoms with E-state index in [2.05, 4.69) is 0 Å². The van der Waals surface area contributed by atoms with Gasteiger partial charge in [-0.1, -0.05) is 0 Å². The van der Waals surface area contributed by atoms with E-state index in [1.54, 1.807) is 0 Å². The van der Waals surface area contributed by atoms with Gasteiger partial charge in [-0.2, -0.15) is 0 Å². The molecule has 1 amide bonds. The predicted octanol–water partition coefficient (Wildman–Crippen LogP) is 0.0295. The van der Waals surface area contributed by atoms with Crippen molar-refractivity contribution in [2.24, 2.45) is 0 Å². The molecule has 21 heavy (non-hydrogen) atoms. The lowest BCUT2D eigenvalue weighted by atomic mass is 10.1. The maximum atomic E-state index is 13.8. The molecule has 1 aliphatic rings. The van der Waals surface area contributed by atoms with Gasteiger partial charge < -0.3 is 15.7 Å². The number of rotatable bonds is 4. The third kappa shape index (κ3) is 3.51. The van der Waals surface area contributed by atoms with Crippen molar-refractivity contribution in [1.82, 2.24) is 4.90 Å². The number of sulfone groups is 1. The Balaban J connectivity index is 2.27. The van der Waals surface area contributed by atoms with Gasteiger partial charge in [0.25, 0.3) is 5.91 Å². The minimum Gasteiger partial charge on any atom is -0.399 e. The summed E-state index contributed by atoms with van der Waals surface area (Å²) in [6.07, 6.45) is 0.296. The van der Waals surface area contributed by atoms with E-state index in [0.29, 0.717) is 6.42 Å². The number of nitrogen functional groups attached to an aromatic ring is 1. The van der Waals surface area contributed by atoms with Crippen LogP contribution in [-0.4, -0.2) is 55.0 Å². The van der Waals surface area contributed by atoms with Crippen LogP contribution in [-0.2, 0) is 9.84 Å². The highest BCUT2D eigenvalue weighted by atomic mass is 32.2. The first-order valence-electron chi connectivity index (χ1n) is 6.51. The Morgan fingerprint density at radius 2 is 2.19 bits per heavy atom. The molecule has 2 rings (SSSR count). The van der Waals surface area contributed by atoms with Crippen LogP contribution in [0.4, 0.5) is 10.1 Å². The first-order chi connectivity index (χ1) is 9.84. The highest BCUT2D eigenvalue weighted by Gasteiger charge is 2.35. The molecule has 1 heterocycles. The number of carbonyl (C=O) groups excluding carboxylic acids is 1. The van der Waals surface area contributed by atoms with Crippen molar-refractivity contribution in [2.75, 3.05) is 30.4 Å². The Hall–Kier alpha value is -1.67. The third-order valence-electron chi connectivity index (χ3n) is 3.47. The second-order valence-corrected chi connectivity index (χ2v) is 7.25. The molecule has 1 aromatic rings. The molecule has 0 spiro atoms. The standard InChI is InChI=1S/C13H17FN2O4S/c14-12-7-9(15)1-2-11(12)13(18)16(4-5-17)10-3-6-21(19,20)8-10/h1-2,7,10,17H,3-6,8,15H2. The average Bonchev–Trinajstić information content (AvgIpc) is 2.75. The predicted molar refractivity (Wildman–Crippen MR) is 76.0 cm³/mol. The van der Waals surface area contributed by atoms with E-state index >= 15 is 0 Å². The zero-order chi connectivity index (χ0) is 15.6. The summed E-state index contributed by atoms with van der Waals surface area (Å²) in [7, 11) is -3.18. The van der Waals surface area contributed by atoms with Crippen LogP contribution in [0.2, 0.25) is 0 Å². The number of nitrogens with two attached hydrogens (primary N) is 1. The van der Waals surface area contributed by atoms with Crippen LogP contribution in [0.3, 0.4) is 0 Å². The number of hydrogen-bond acceptors (Lipinski definition) is 5. The van der Waals surface area contributed by atoms with Crippen molar-refractivity contribution in [2.45, 2.75) is 12.5 Å². The zero-order valence-electron chi connectivity index (χ0n) is 11.3. The van der Waals surface area contributed by atoms with E-state index in [-0.39, 0.29) is 35.9 Å². The monoisotopic (exact) mass is 316 g/mol. The summed E-state index contributed by atoms with van der Waals surface area (Å²) in [5, 5.41) is 9.08. The molecule has 1 aromatic carbocycles. The number of anilines is 1. The minimum absolute atomic E-state index is 0.00288. The molecular weight excluding hydrogens is 299 g/mol. The van der Waals surface area contributed by atoms with Crippen molar-refractivity contribution in [3.8, 4) is 0 Å². The summed E-state index contributed by atoms with van der Waals surface area (Å²) in [6, 6.07) is 3.17. The summed E-state index contributed by atoms with van der Waals surface area (Å²) in [4.78, 5) is 13.6. The molecule has 1 unspecified atom stereocenters. The third-order valence-corrected chi connectivity index (χ3v) is 5.22. The van der Waals surface area contributed by atoms with Gasteiger partial charge in [-0.25, -0.2) is 12.8 Å². The van der Waals surface area contributed by atoms with Gasteiger partial charge in [0.05, 0.1) is 23.7 Å². The van der Waals surface area contributed by atoms with Gasteiger partial charge in [-0.05, 0) is 24.6 Å². The van der Waals surface area contributed by atoms with Crippen molar-refractivity contribution in [3.63, 3.8) is 0 Å². The van der Waals surface area contributed by atoms with Crippen molar-refractivity contribution in [3.05, 3.63) is 29.6 Å². The second kappa shape index (κ2) is 5.98. The van der Waals surface area contributed by atoms with Crippen LogP contribution in [0.1, 0.15) is 16.8 Å². The van der Waals surface area contributed by atoms with Gasteiger partial charge >= 0.3 is 0 Å². The highest BCUT2D eigenvalue weighted by Crippen LogP contribution is 2.21. The highest BCUT2D eigenvalue weighted by molar-refractivity contribution is 7.91. The summed E-state index contributed by atoms with van der Waals surface area (Å²) in [5.74, 6) is -1.56. The molecule has 1 saturated heterocycles. The largest absolute Gasteiger partial charge is 0.399 e. The summed E-state index contributed by atoms with van der Waals surface area (Å²) < 4.78 is 36.9. The molecule has 1 fully saturated rings. The van der Waals surface area contributed by atoms with Crippen LogP contribution < -0.4 is 5.73 Å². The quantitative estimate of drug-likeness (QED) is 0.763. The second-order valence-electron chi connectivity index (χ2n) is 5.02. The maximum Gasteiger partial charge on any atom is 0.257 e. The molecule has 1 atom stereocenters. The number of amides is 1.